The van der Waals surface area contributed by atoms with Gasteiger partial charge in [-0.3, -0.25) is 0 Å². The fourth-order valence-corrected chi connectivity index (χ4v) is 2.88. The highest BCUT2D eigenvalue weighted by Crippen LogP contribution is 2.31. The molecule has 0 fully saturated rings. The predicted molar refractivity (Wildman–Crippen MR) is 132 cm³/mol. The standard InChI is InChI=1S/C27H22O10/c1-35-27(34)25(15-18-3-7-20(29)22(31)14-18)37-24-8-4-16(13-23(24)32)5-9-26(33)36-11-10-17-2-6-19(28)21(30)12-17/h2-15,28-32H,1H3/b9-5+,11-10-,25-15+. The van der Waals surface area contributed by atoms with Crippen LogP contribution < -0.4 is 4.74 Å². The maximum absolute atomic E-state index is 12.1. The summed E-state index contributed by atoms with van der Waals surface area (Å²) in [6.45, 7) is 0. The largest absolute Gasteiger partial charge is 0.504 e. The van der Waals surface area contributed by atoms with Crippen molar-refractivity contribution in [2.75, 3.05) is 7.11 Å². The van der Waals surface area contributed by atoms with Crippen molar-refractivity contribution in [3.63, 3.8) is 0 Å². The second-order valence-corrected chi connectivity index (χ2v) is 7.40. The third-order valence-electron chi connectivity index (χ3n) is 4.74. The number of carbonyl (C=O) groups excluding carboxylic acids is 2. The van der Waals surface area contributed by atoms with Gasteiger partial charge in [0.2, 0.25) is 5.76 Å². The predicted octanol–water partition coefficient (Wildman–Crippen LogP) is 4.03. The highest BCUT2D eigenvalue weighted by molar-refractivity contribution is 5.92. The van der Waals surface area contributed by atoms with Crippen LogP contribution in [0.3, 0.4) is 0 Å². The zero-order valence-electron chi connectivity index (χ0n) is 19.4. The lowest BCUT2D eigenvalue weighted by molar-refractivity contribution is -0.138. The first kappa shape index (κ1) is 26.2. The van der Waals surface area contributed by atoms with Gasteiger partial charge in [0.25, 0.3) is 0 Å². The Morgan fingerprint density at radius 2 is 1.27 bits per heavy atom. The summed E-state index contributed by atoms with van der Waals surface area (Å²) in [5.74, 6) is -3.61. The number of phenolic OH excluding ortho intramolecular Hbond substituents is 5. The van der Waals surface area contributed by atoms with Crippen LogP contribution in [0.2, 0.25) is 0 Å². The van der Waals surface area contributed by atoms with Crippen molar-refractivity contribution < 1.29 is 49.3 Å². The Hall–Kier alpha value is -5.38. The van der Waals surface area contributed by atoms with E-state index in [1.54, 1.807) is 0 Å². The lowest BCUT2D eigenvalue weighted by Crippen LogP contribution is -2.10. The minimum Gasteiger partial charge on any atom is -0.504 e. The number of carbonyl (C=O) groups is 2. The van der Waals surface area contributed by atoms with Crippen LogP contribution >= 0.6 is 0 Å². The lowest BCUT2D eigenvalue weighted by Gasteiger charge is -2.11. The first-order valence-electron chi connectivity index (χ1n) is 10.6. The van der Waals surface area contributed by atoms with E-state index in [1.807, 2.05) is 0 Å². The van der Waals surface area contributed by atoms with E-state index in [9.17, 15) is 35.1 Å². The molecular weight excluding hydrogens is 484 g/mol. The number of benzene rings is 3. The molecule has 5 N–H and O–H groups in total. The fraction of sp³-hybridized carbons (Fsp3) is 0.0370. The van der Waals surface area contributed by atoms with E-state index in [-0.39, 0.29) is 34.5 Å². The van der Waals surface area contributed by atoms with Crippen molar-refractivity contribution in [3.05, 3.63) is 89.4 Å². The number of esters is 2. The molecule has 3 rings (SSSR count). The van der Waals surface area contributed by atoms with E-state index >= 15 is 0 Å². The van der Waals surface area contributed by atoms with Crippen molar-refractivity contribution in [3.8, 4) is 34.5 Å². The van der Waals surface area contributed by atoms with E-state index < -0.39 is 17.7 Å². The maximum atomic E-state index is 12.1. The van der Waals surface area contributed by atoms with Gasteiger partial charge in [0.1, 0.15) is 0 Å². The van der Waals surface area contributed by atoms with Crippen molar-refractivity contribution in [1.82, 2.24) is 0 Å². The topological polar surface area (TPSA) is 163 Å². The van der Waals surface area contributed by atoms with Gasteiger partial charge in [-0.2, -0.15) is 0 Å². The molecule has 190 valence electrons. The number of ether oxygens (including phenoxy) is 3. The van der Waals surface area contributed by atoms with Crippen molar-refractivity contribution in [2.24, 2.45) is 0 Å². The van der Waals surface area contributed by atoms with Crippen LogP contribution in [0.25, 0.3) is 18.2 Å². The summed E-state index contributed by atoms with van der Waals surface area (Å²) >= 11 is 0. The zero-order chi connectivity index (χ0) is 26.9. The van der Waals surface area contributed by atoms with E-state index in [0.29, 0.717) is 16.7 Å². The maximum Gasteiger partial charge on any atom is 0.373 e. The Bertz CT molecular complexity index is 1400. The molecule has 0 aromatic heterocycles. The van der Waals surface area contributed by atoms with Crippen LogP contribution in [-0.4, -0.2) is 44.6 Å². The highest BCUT2D eigenvalue weighted by Gasteiger charge is 2.16. The number of aromatic hydroxyl groups is 5. The zero-order valence-corrected chi connectivity index (χ0v) is 19.4. The first-order valence-corrected chi connectivity index (χ1v) is 10.6. The highest BCUT2D eigenvalue weighted by atomic mass is 16.6. The Labute approximate surface area is 210 Å². The Kier molecular flexibility index (Phi) is 8.40. The van der Waals surface area contributed by atoms with Crippen molar-refractivity contribution in [2.45, 2.75) is 0 Å². The number of hydrogen-bond acceptors (Lipinski definition) is 10. The molecule has 0 aliphatic carbocycles. The van der Waals surface area contributed by atoms with Crippen LogP contribution in [-0.2, 0) is 19.1 Å². The molecule has 10 heteroatoms. The molecule has 0 saturated carbocycles. The number of hydrogen-bond donors (Lipinski definition) is 5. The summed E-state index contributed by atoms with van der Waals surface area (Å²) in [5.41, 5.74) is 1.24. The van der Waals surface area contributed by atoms with Gasteiger partial charge in [-0.1, -0.05) is 18.2 Å². The van der Waals surface area contributed by atoms with E-state index in [0.717, 1.165) is 19.4 Å². The molecule has 0 atom stereocenters. The molecule has 0 heterocycles. The quantitative estimate of drug-likeness (QED) is 0.130. The summed E-state index contributed by atoms with van der Waals surface area (Å²) in [6, 6.07) is 12.1. The van der Waals surface area contributed by atoms with Gasteiger partial charge < -0.3 is 39.7 Å². The van der Waals surface area contributed by atoms with Crippen LogP contribution in [0.15, 0.2) is 72.7 Å². The van der Waals surface area contributed by atoms with E-state index in [2.05, 4.69) is 0 Å². The second-order valence-electron chi connectivity index (χ2n) is 7.40. The average Bonchev–Trinajstić information content (AvgIpc) is 2.87. The van der Waals surface area contributed by atoms with Crippen LogP contribution in [0.1, 0.15) is 16.7 Å². The lowest BCUT2D eigenvalue weighted by atomic mass is 10.1. The molecule has 0 saturated heterocycles. The second kappa shape index (κ2) is 11.8. The minimum absolute atomic E-state index is 0.0838. The summed E-state index contributed by atoms with van der Waals surface area (Å²) in [6.07, 6.45) is 6.27. The van der Waals surface area contributed by atoms with Gasteiger partial charge in [-0.15, -0.1) is 0 Å². The monoisotopic (exact) mass is 506 g/mol. The normalized spacial score (nSPS) is 11.5. The smallest absolute Gasteiger partial charge is 0.373 e. The van der Waals surface area contributed by atoms with Gasteiger partial charge >= 0.3 is 11.9 Å². The summed E-state index contributed by atoms with van der Waals surface area (Å²) in [5, 5.41) is 48.2. The van der Waals surface area contributed by atoms with Gasteiger partial charge in [0.05, 0.1) is 13.4 Å². The number of rotatable bonds is 8. The molecule has 3 aromatic rings. The van der Waals surface area contributed by atoms with Gasteiger partial charge in [-0.25, -0.2) is 9.59 Å². The number of phenols is 5. The van der Waals surface area contributed by atoms with Crippen molar-refractivity contribution >= 4 is 30.2 Å². The molecule has 0 aliphatic heterocycles. The average molecular weight is 506 g/mol. The molecule has 0 radical (unpaired) electrons. The molecule has 3 aromatic carbocycles. The SMILES string of the molecule is COC(=O)/C(=C\c1ccc(O)c(O)c1)Oc1ccc(/C=C/C(=O)O/C=C\c2ccc(O)c(O)c2)cc1O. The Morgan fingerprint density at radius 3 is 1.89 bits per heavy atom. The molecule has 0 bridgehead atoms. The van der Waals surface area contributed by atoms with Gasteiger partial charge in [0.15, 0.2) is 34.5 Å². The van der Waals surface area contributed by atoms with Crippen LogP contribution in [0.5, 0.6) is 34.5 Å². The molecule has 0 spiro atoms. The van der Waals surface area contributed by atoms with E-state index in [1.165, 1.54) is 72.8 Å². The summed E-state index contributed by atoms with van der Waals surface area (Å²) in [4.78, 5) is 24.1. The Morgan fingerprint density at radius 1 is 0.703 bits per heavy atom. The third kappa shape index (κ3) is 7.30. The van der Waals surface area contributed by atoms with Crippen molar-refractivity contribution in [1.29, 1.82) is 0 Å². The minimum atomic E-state index is -0.853. The van der Waals surface area contributed by atoms with Gasteiger partial charge in [0, 0.05) is 6.08 Å². The van der Waals surface area contributed by atoms with E-state index in [4.69, 9.17) is 14.2 Å². The molecule has 37 heavy (non-hydrogen) atoms. The number of methoxy groups -OCH3 is 1. The van der Waals surface area contributed by atoms with Crippen LogP contribution in [0.4, 0.5) is 0 Å². The summed E-state index contributed by atoms with van der Waals surface area (Å²) in [7, 11) is 1.14. The molecule has 0 unspecified atom stereocenters. The third-order valence-corrected chi connectivity index (χ3v) is 4.74. The van der Waals surface area contributed by atoms with Gasteiger partial charge in [-0.05, 0) is 71.3 Å². The fourth-order valence-electron chi connectivity index (χ4n) is 2.88. The Balaban J connectivity index is 1.67. The first-order chi connectivity index (χ1) is 17.7. The molecular formula is C27H22O10. The molecule has 0 amide bonds. The molecule has 0 aliphatic rings. The van der Waals surface area contributed by atoms with Crippen LogP contribution in [0, 0.1) is 0 Å². The summed E-state index contributed by atoms with van der Waals surface area (Å²) < 4.78 is 15.1. The molecule has 10 nitrogen and oxygen atoms in total.